The highest BCUT2D eigenvalue weighted by Gasteiger charge is 2.33. The number of fused-ring (bicyclic) bond motifs is 2. The molecule has 0 aliphatic carbocycles. The minimum absolute atomic E-state index is 0.0637. The van der Waals surface area contributed by atoms with Crippen LogP contribution in [0.15, 0.2) is 117 Å². The van der Waals surface area contributed by atoms with E-state index in [0.717, 1.165) is 53.9 Å². The topological polar surface area (TPSA) is 249 Å². The minimum Gasteiger partial charge on any atom is -0.493 e. The van der Waals surface area contributed by atoms with Crippen molar-refractivity contribution in [2.24, 2.45) is 9.98 Å². The van der Waals surface area contributed by atoms with Crippen molar-refractivity contribution < 1.29 is 56.0 Å². The monoisotopic (exact) mass is 738 g/mol. The number of rotatable bonds is 8. The van der Waals surface area contributed by atoms with E-state index >= 15 is 0 Å². The van der Waals surface area contributed by atoms with Crippen LogP contribution in [0.3, 0.4) is 0 Å². The summed E-state index contributed by atoms with van der Waals surface area (Å²) >= 11 is 0. The maximum atomic E-state index is 13.3. The van der Waals surface area contributed by atoms with Gasteiger partial charge in [-0.2, -0.15) is 16.8 Å². The lowest BCUT2D eigenvalue weighted by molar-refractivity contribution is 0.0695. The zero-order valence-electron chi connectivity index (χ0n) is 26.1. The van der Waals surface area contributed by atoms with E-state index in [2.05, 4.69) is 9.98 Å². The molecule has 0 heterocycles. The van der Waals surface area contributed by atoms with Crippen LogP contribution in [0, 0.1) is 0 Å². The van der Waals surface area contributed by atoms with Gasteiger partial charge in [0.1, 0.15) is 0 Å². The number of carboxylic acids is 2. The van der Waals surface area contributed by atoms with Gasteiger partial charge in [-0.3, -0.25) is 9.11 Å². The van der Waals surface area contributed by atoms with Crippen molar-refractivity contribution in [1.29, 1.82) is 0 Å². The number of hydrogen-bond donors (Lipinski definition) is 6. The molecule has 0 aliphatic heterocycles. The van der Waals surface area contributed by atoms with Crippen molar-refractivity contribution in [3.8, 4) is 0 Å². The predicted molar refractivity (Wildman–Crippen MR) is 192 cm³/mol. The fourth-order valence-corrected chi connectivity index (χ4v) is 7.43. The molecule has 0 amide bonds. The summed E-state index contributed by atoms with van der Waals surface area (Å²) in [7, 11) is -9.19. The molecule has 0 saturated carbocycles. The Morgan fingerprint density at radius 3 is 1.42 bits per heavy atom. The second-order valence-electron chi connectivity index (χ2n) is 11.5. The normalized spacial score (nSPS) is 13.0. The van der Waals surface area contributed by atoms with Gasteiger partial charge in [-0.25, -0.2) is 19.6 Å². The van der Waals surface area contributed by atoms with E-state index in [-0.39, 0.29) is 33.1 Å². The molecule has 0 saturated heterocycles. The molecule has 52 heavy (non-hydrogen) atoms. The zero-order valence-corrected chi connectivity index (χ0v) is 27.7. The van der Waals surface area contributed by atoms with Crippen LogP contribution in [-0.4, -0.2) is 70.1 Å². The number of aliphatic hydroxyl groups excluding tert-OH is 2. The summed E-state index contributed by atoms with van der Waals surface area (Å²) < 4.78 is 65.3. The number of carboxylic acid groups (broad SMARTS) is 2. The summed E-state index contributed by atoms with van der Waals surface area (Å²) in [6.45, 7) is 0. The molecule has 0 aromatic heterocycles. The molecule has 0 aliphatic rings. The standard InChI is InChI=1S/C36H22N2O12S2/c39-33(37-18-7-11-20(12-8-18)51(45,46)47)30-28-24-6-2-4-17-3-1-5-22(26(17)24)23-15-16-25(35(41)42)29(27(23)28)32(36(43)44)31(30)34(40)38-19-9-13-21(14-10-19)52(48,49)50/h1-16H,(H,37,39)(H,38,40)(H,41,42)(H,43,44)(H,45,46,47)(H,48,49,50). The first kappa shape index (κ1) is 34.0. The first-order valence-corrected chi connectivity index (χ1v) is 17.8. The van der Waals surface area contributed by atoms with Crippen molar-refractivity contribution in [1.82, 2.24) is 0 Å². The number of benzene rings is 7. The Kier molecular flexibility index (Phi) is 7.91. The Balaban J connectivity index is 1.70. The average molecular weight is 739 g/mol. The molecule has 6 N–H and O–H groups in total. The van der Waals surface area contributed by atoms with E-state index < -0.39 is 70.5 Å². The number of carbonyl (C=O) groups is 2. The van der Waals surface area contributed by atoms with E-state index in [1.165, 1.54) is 12.1 Å². The fourth-order valence-electron chi connectivity index (χ4n) is 6.47. The molecular weight excluding hydrogens is 717 g/mol. The second kappa shape index (κ2) is 12.1. The van der Waals surface area contributed by atoms with Gasteiger partial charge in [0, 0.05) is 10.8 Å². The molecular formula is C36H22N2O12S2. The van der Waals surface area contributed by atoms with Gasteiger partial charge < -0.3 is 20.4 Å². The van der Waals surface area contributed by atoms with E-state index in [4.69, 9.17) is 0 Å². The predicted octanol–water partition coefficient (Wildman–Crippen LogP) is 6.90. The summed E-state index contributed by atoms with van der Waals surface area (Å²) in [4.78, 5) is 33.3. The number of nitrogens with zero attached hydrogens (tertiary/aromatic N) is 2. The largest absolute Gasteiger partial charge is 0.493 e. The van der Waals surface area contributed by atoms with Gasteiger partial charge in [0.2, 0.25) is 11.8 Å². The first-order chi connectivity index (χ1) is 24.6. The van der Waals surface area contributed by atoms with Crippen LogP contribution in [0.1, 0.15) is 31.8 Å². The molecule has 0 bridgehead atoms. The molecule has 7 rings (SSSR count). The molecule has 0 unspecified atom stereocenters. The lowest BCUT2D eigenvalue weighted by atomic mass is 9.81. The number of aromatic carboxylic acids is 2. The Morgan fingerprint density at radius 2 is 0.942 bits per heavy atom. The minimum atomic E-state index is -4.60. The molecule has 16 heteroatoms. The SMILES string of the molecule is O=C(O)c1ccc2c3cccc4cccc(c5c(C(O)=Nc6ccc(S(=O)(=O)O)cc6)c(C(O)=Nc6ccc(S(=O)(=O)O)cc6)c(C(=O)O)c1c25)c43. The fraction of sp³-hybridized carbons (Fsp3) is 0. The van der Waals surface area contributed by atoms with Gasteiger partial charge in [0.15, 0.2) is 0 Å². The number of aliphatic hydroxyl groups is 2. The summed E-state index contributed by atoms with van der Waals surface area (Å²) in [5.74, 6) is -5.14. The summed E-state index contributed by atoms with van der Waals surface area (Å²) in [5.41, 5.74) is -2.44. The van der Waals surface area contributed by atoms with E-state index in [1.807, 2.05) is 12.1 Å². The molecule has 14 nitrogen and oxygen atoms in total. The lowest BCUT2D eigenvalue weighted by Crippen LogP contribution is -2.19. The zero-order chi connectivity index (χ0) is 37.3. The third-order valence-corrected chi connectivity index (χ3v) is 10.3. The summed E-state index contributed by atoms with van der Waals surface area (Å²) in [6.07, 6.45) is 0. The highest BCUT2D eigenvalue weighted by molar-refractivity contribution is 7.86. The Hall–Kier alpha value is -6.46. The third-order valence-electron chi connectivity index (χ3n) is 8.55. The quantitative estimate of drug-likeness (QED) is 0.0306. The van der Waals surface area contributed by atoms with Crippen molar-refractivity contribution in [3.05, 3.63) is 119 Å². The van der Waals surface area contributed by atoms with Crippen LogP contribution in [0.4, 0.5) is 11.4 Å². The molecule has 7 aromatic carbocycles. The number of hydrogen-bond acceptors (Lipinski definition) is 8. The third kappa shape index (κ3) is 5.61. The van der Waals surface area contributed by atoms with Crippen LogP contribution in [0.5, 0.6) is 0 Å². The van der Waals surface area contributed by atoms with Gasteiger partial charge in [0.05, 0.1) is 43.4 Å². The number of aliphatic imine (C=N–C) groups is 2. The Bertz CT molecular complexity index is 2950. The summed E-state index contributed by atoms with van der Waals surface area (Å²) in [5, 5.41) is 47.5. The molecule has 0 spiro atoms. The summed E-state index contributed by atoms with van der Waals surface area (Å²) in [6, 6.07) is 21.8. The van der Waals surface area contributed by atoms with Gasteiger partial charge in [-0.15, -0.1) is 0 Å². The first-order valence-electron chi connectivity index (χ1n) is 14.9. The van der Waals surface area contributed by atoms with Gasteiger partial charge in [-0.1, -0.05) is 42.5 Å². The van der Waals surface area contributed by atoms with Crippen LogP contribution in [-0.2, 0) is 20.2 Å². The van der Waals surface area contributed by atoms with Crippen LogP contribution in [0.25, 0.3) is 43.1 Å². The maximum Gasteiger partial charge on any atom is 0.337 e. The van der Waals surface area contributed by atoms with Gasteiger partial charge in [-0.05, 0) is 86.9 Å². The van der Waals surface area contributed by atoms with Crippen LogP contribution < -0.4 is 0 Å². The second-order valence-corrected chi connectivity index (χ2v) is 14.4. The van der Waals surface area contributed by atoms with Gasteiger partial charge in [0.25, 0.3) is 20.2 Å². The highest BCUT2D eigenvalue weighted by Crippen LogP contribution is 2.46. The average Bonchev–Trinajstić information content (AvgIpc) is 3.09. The maximum absolute atomic E-state index is 13.3. The molecule has 0 fully saturated rings. The van der Waals surface area contributed by atoms with Crippen molar-refractivity contribution in [2.45, 2.75) is 9.79 Å². The van der Waals surface area contributed by atoms with Crippen molar-refractivity contribution in [3.63, 3.8) is 0 Å². The Labute approximate surface area is 292 Å². The van der Waals surface area contributed by atoms with Gasteiger partial charge >= 0.3 is 11.9 Å². The van der Waals surface area contributed by atoms with Crippen LogP contribution in [0.2, 0.25) is 0 Å². The molecule has 260 valence electrons. The molecule has 7 aromatic rings. The molecule has 0 radical (unpaired) electrons. The Morgan fingerprint density at radius 1 is 0.462 bits per heavy atom. The van der Waals surface area contributed by atoms with Crippen LogP contribution >= 0.6 is 0 Å². The smallest absolute Gasteiger partial charge is 0.337 e. The van der Waals surface area contributed by atoms with E-state index in [1.54, 1.807) is 24.3 Å². The van der Waals surface area contributed by atoms with Crippen molar-refractivity contribution >= 4 is 98.4 Å². The molecule has 0 atom stereocenters. The van der Waals surface area contributed by atoms with E-state index in [9.17, 15) is 56.0 Å². The van der Waals surface area contributed by atoms with E-state index in [0.29, 0.717) is 21.5 Å². The lowest BCUT2D eigenvalue weighted by Gasteiger charge is -2.22. The highest BCUT2D eigenvalue weighted by atomic mass is 32.2. The van der Waals surface area contributed by atoms with Crippen molar-refractivity contribution in [2.75, 3.05) is 0 Å².